The highest BCUT2D eigenvalue weighted by Gasteiger charge is 2.19. The number of carbonyl (C=O) groups excluding carboxylic acids is 1. The Kier molecular flexibility index (Phi) is 5.56. The number of nitrogens with one attached hydrogen (secondary N) is 1. The van der Waals surface area contributed by atoms with Crippen LogP contribution in [-0.2, 0) is 0 Å². The van der Waals surface area contributed by atoms with Gasteiger partial charge in [0.2, 0.25) is 0 Å². The van der Waals surface area contributed by atoms with Crippen LogP contribution in [0.3, 0.4) is 0 Å². The first kappa shape index (κ1) is 17.3. The summed E-state index contributed by atoms with van der Waals surface area (Å²) in [4.78, 5) is 13.9. The highest BCUT2D eigenvalue weighted by atomic mass is 32.2. The van der Waals surface area contributed by atoms with Crippen molar-refractivity contribution < 1.29 is 4.79 Å². The molecule has 3 rings (SSSR count). The average Bonchev–Trinajstić information content (AvgIpc) is 2.67. The summed E-state index contributed by atoms with van der Waals surface area (Å²) >= 11 is 1.58. The van der Waals surface area contributed by atoms with E-state index in [9.17, 15) is 4.79 Å². The molecule has 0 unspecified atom stereocenters. The molecule has 0 bridgehead atoms. The first-order chi connectivity index (χ1) is 12.2. The van der Waals surface area contributed by atoms with E-state index in [-0.39, 0.29) is 11.9 Å². The smallest absolute Gasteiger partial charge is 0.253 e. The molecule has 0 fully saturated rings. The van der Waals surface area contributed by atoms with E-state index in [1.807, 2.05) is 60.9 Å². The third kappa shape index (κ3) is 4.12. The maximum Gasteiger partial charge on any atom is 0.253 e. The Morgan fingerprint density at radius 3 is 2.12 bits per heavy atom. The molecule has 3 aromatic rings. The number of hydrogen-bond acceptors (Lipinski definition) is 2. The Balaban J connectivity index is 1.95. The number of amides is 1. The molecular weight excluding hydrogens is 326 g/mol. The Labute approximate surface area is 153 Å². The molecule has 3 aromatic carbocycles. The molecular formula is C22H21NOS. The molecule has 2 nitrogen and oxygen atoms in total. The van der Waals surface area contributed by atoms with Gasteiger partial charge in [-0.3, -0.25) is 4.79 Å². The quantitative estimate of drug-likeness (QED) is 0.640. The molecule has 0 aliphatic heterocycles. The van der Waals surface area contributed by atoms with Crippen LogP contribution in [0.15, 0.2) is 83.8 Å². The molecule has 3 heteroatoms. The van der Waals surface area contributed by atoms with Gasteiger partial charge >= 0.3 is 0 Å². The first-order valence-corrected chi connectivity index (χ1v) is 9.47. The molecule has 1 amide bonds. The van der Waals surface area contributed by atoms with Crippen LogP contribution >= 0.6 is 11.8 Å². The average molecular weight is 347 g/mol. The Hall–Kier alpha value is -2.52. The predicted octanol–water partition coefficient (Wildman–Crippen LogP) is 5.24. The molecule has 0 radical (unpaired) electrons. The van der Waals surface area contributed by atoms with Crippen molar-refractivity contribution in [1.82, 2.24) is 5.32 Å². The normalized spacial score (nSPS) is 11.8. The maximum absolute atomic E-state index is 12.9. The van der Waals surface area contributed by atoms with Crippen LogP contribution in [0, 0.1) is 6.92 Å². The molecule has 0 aliphatic rings. The van der Waals surface area contributed by atoms with Gasteiger partial charge in [0.1, 0.15) is 0 Å². The standard InChI is InChI=1S/C22H21NOS/c1-16-12-14-18(15-13-16)21(17-8-4-3-5-9-17)23-22(24)19-10-6-7-11-20(19)25-2/h3-15,21H,1-2H3,(H,23,24)/t21-/m0/s1. The summed E-state index contributed by atoms with van der Waals surface area (Å²) in [6.07, 6.45) is 1.99. The molecule has 0 heterocycles. The van der Waals surface area contributed by atoms with Gasteiger partial charge in [-0.05, 0) is 36.4 Å². The minimum absolute atomic E-state index is 0.0561. The van der Waals surface area contributed by atoms with Crippen molar-refractivity contribution in [1.29, 1.82) is 0 Å². The van der Waals surface area contributed by atoms with E-state index in [1.54, 1.807) is 11.8 Å². The number of carbonyl (C=O) groups is 1. The third-order valence-corrected chi connectivity index (χ3v) is 4.97. The van der Waals surface area contributed by atoms with Crippen LogP contribution in [0.5, 0.6) is 0 Å². The topological polar surface area (TPSA) is 29.1 Å². The predicted molar refractivity (Wildman–Crippen MR) is 105 cm³/mol. The van der Waals surface area contributed by atoms with Crippen molar-refractivity contribution in [3.8, 4) is 0 Å². The fourth-order valence-corrected chi connectivity index (χ4v) is 3.40. The van der Waals surface area contributed by atoms with Crippen molar-refractivity contribution in [2.75, 3.05) is 6.26 Å². The zero-order valence-corrected chi connectivity index (χ0v) is 15.2. The van der Waals surface area contributed by atoms with Gasteiger partial charge in [-0.1, -0.05) is 72.3 Å². The molecule has 1 atom stereocenters. The Bertz CT molecular complexity index is 843. The van der Waals surface area contributed by atoms with Gasteiger partial charge in [-0.25, -0.2) is 0 Å². The zero-order valence-electron chi connectivity index (χ0n) is 14.4. The first-order valence-electron chi connectivity index (χ1n) is 8.24. The summed E-state index contributed by atoms with van der Waals surface area (Å²) in [6.45, 7) is 2.06. The third-order valence-electron chi connectivity index (χ3n) is 4.17. The van der Waals surface area contributed by atoms with Gasteiger partial charge in [0.05, 0.1) is 11.6 Å². The fourth-order valence-electron chi connectivity index (χ4n) is 2.80. The molecule has 0 spiro atoms. The van der Waals surface area contributed by atoms with Gasteiger partial charge in [0.25, 0.3) is 5.91 Å². The van der Waals surface area contributed by atoms with Crippen LogP contribution in [0.25, 0.3) is 0 Å². The van der Waals surface area contributed by atoms with Crippen LogP contribution in [-0.4, -0.2) is 12.2 Å². The van der Waals surface area contributed by atoms with E-state index >= 15 is 0 Å². The number of thioether (sulfide) groups is 1. The monoisotopic (exact) mass is 347 g/mol. The molecule has 126 valence electrons. The summed E-state index contributed by atoms with van der Waals surface area (Å²) < 4.78 is 0. The highest BCUT2D eigenvalue weighted by molar-refractivity contribution is 7.98. The van der Waals surface area contributed by atoms with Gasteiger partial charge in [-0.2, -0.15) is 0 Å². The van der Waals surface area contributed by atoms with E-state index in [1.165, 1.54) is 5.56 Å². The van der Waals surface area contributed by atoms with Crippen LogP contribution < -0.4 is 5.32 Å². The van der Waals surface area contributed by atoms with Crippen LogP contribution in [0.2, 0.25) is 0 Å². The van der Waals surface area contributed by atoms with Crippen molar-refractivity contribution in [3.05, 3.63) is 101 Å². The molecule has 0 saturated carbocycles. The van der Waals surface area contributed by atoms with Gasteiger partial charge in [0.15, 0.2) is 0 Å². The summed E-state index contributed by atoms with van der Waals surface area (Å²) in [6, 6.07) is 25.9. The molecule has 0 saturated heterocycles. The van der Waals surface area contributed by atoms with E-state index in [0.717, 1.165) is 16.0 Å². The van der Waals surface area contributed by atoms with E-state index in [0.29, 0.717) is 5.56 Å². The minimum Gasteiger partial charge on any atom is -0.341 e. The van der Waals surface area contributed by atoms with E-state index in [4.69, 9.17) is 0 Å². The lowest BCUT2D eigenvalue weighted by Gasteiger charge is -2.21. The van der Waals surface area contributed by atoms with Crippen LogP contribution in [0.1, 0.15) is 33.1 Å². The molecule has 1 N–H and O–H groups in total. The molecule has 0 aromatic heterocycles. The number of rotatable bonds is 5. The number of benzene rings is 3. The second kappa shape index (κ2) is 8.04. The Morgan fingerprint density at radius 2 is 1.44 bits per heavy atom. The van der Waals surface area contributed by atoms with Gasteiger partial charge in [-0.15, -0.1) is 11.8 Å². The SMILES string of the molecule is CSc1ccccc1C(=O)N[C@@H](c1ccccc1)c1ccc(C)cc1. The van der Waals surface area contributed by atoms with Crippen molar-refractivity contribution in [3.63, 3.8) is 0 Å². The molecule has 0 aliphatic carbocycles. The summed E-state index contributed by atoms with van der Waals surface area (Å²) in [5.41, 5.74) is 4.06. The lowest BCUT2D eigenvalue weighted by molar-refractivity contribution is 0.0940. The maximum atomic E-state index is 12.9. The van der Waals surface area contributed by atoms with Crippen molar-refractivity contribution in [2.45, 2.75) is 17.9 Å². The summed E-state index contributed by atoms with van der Waals surface area (Å²) in [5, 5.41) is 3.21. The van der Waals surface area contributed by atoms with Crippen LogP contribution in [0.4, 0.5) is 0 Å². The largest absolute Gasteiger partial charge is 0.341 e. The number of aryl methyl sites for hydroxylation is 1. The zero-order chi connectivity index (χ0) is 17.6. The molecule has 25 heavy (non-hydrogen) atoms. The number of hydrogen-bond donors (Lipinski definition) is 1. The highest BCUT2D eigenvalue weighted by Crippen LogP contribution is 2.25. The minimum atomic E-state index is -0.177. The lowest BCUT2D eigenvalue weighted by atomic mass is 9.97. The summed E-state index contributed by atoms with van der Waals surface area (Å²) in [5.74, 6) is -0.0561. The van der Waals surface area contributed by atoms with Gasteiger partial charge in [0, 0.05) is 4.90 Å². The lowest BCUT2D eigenvalue weighted by Crippen LogP contribution is -2.29. The second-order valence-electron chi connectivity index (χ2n) is 5.93. The fraction of sp³-hybridized carbons (Fsp3) is 0.136. The summed E-state index contributed by atoms with van der Waals surface area (Å²) in [7, 11) is 0. The van der Waals surface area contributed by atoms with E-state index in [2.05, 4.69) is 36.5 Å². The second-order valence-corrected chi connectivity index (χ2v) is 6.78. The van der Waals surface area contributed by atoms with Crippen molar-refractivity contribution in [2.24, 2.45) is 0 Å². The van der Waals surface area contributed by atoms with Crippen molar-refractivity contribution >= 4 is 17.7 Å². The van der Waals surface area contributed by atoms with Gasteiger partial charge < -0.3 is 5.32 Å². The Morgan fingerprint density at radius 1 is 0.840 bits per heavy atom. The van der Waals surface area contributed by atoms with E-state index < -0.39 is 0 Å².